The van der Waals surface area contributed by atoms with Crippen LogP contribution in [0.5, 0.6) is 0 Å². The van der Waals surface area contributed by atoms with Crippen molar-refractivity contribution in [3.8, 4) is 22.3 Å². The molecule has 1 aliphatic rings. The molecule has 0 amide bonds. The summed E-state index contributed by atoms with van der Waals surface area (Å²) in [5.41, 5.74) is 7.45. The lowest BCUT2D eigenvalue weighted by molar-refractivity contribution is 0.378. The van der Waals surface area contributed by atoms with Crippen molar-refractivity contribution < 1.29 is 4.74 Å². The first kappa shape index (κ1) is 16.0. The van der Waals surface area contributed by atoms with Gasteiger partial charge >= 0.3 is 0 Å². The minimum atomic E-state index is 0.164. The Bertz CT molecular complexity index is 932. The van der Waals surface area contributed by atoms with Gasteiger partial charge in [0, 0.05) is 0 Å². The largest absolute Gasteiger partial charge is 0.359 e. The zero-order valence-electron chi connectivity index (χ0n) is 15.0. The van der Waals surface area contributed by atoms with Crippen molar-refractivity contribution in [1.29, 1.82) is 0 Å². The number of ether oxygens (including phenoxy) is 1. The quantitative estimate of drug-likeness (QED) is 0.368. The van der Waals surface area contributed by atoms with Gasteiger partial charge in [-0.25, -0.2) is 0 Å². The molecule has 0 aromatic heterocycles. The van der Waals surface area contributed by atoms with Crippen LogP contribution in [0.4, 0.5) is 0 Å². The topological polar surface area (TPSA) is 12.5 Å². The molecule has 0 N–H and O–H groups in total. The summed E-state index contributed by atoms with van der Waals surface area (Å²) < 4.78 is 5.98. The van der Waals surface area contributed by atoms with Crippen molar-refractivity contribution in [2.45, 2.75) is 12.2 Å². The third-order valence-corrected chi connectivity index (χ3v) is 5.18. The van der Waals surface area contributed by atoms with Crippen LogP contribution in [0.3, 0.4) is 0 Å². The molecule has 0 aliphatic carbocycles. The van der Waals surface area contributed by atoms with Crippen LogP contribution in [-0.4, -0.2) is 0 Å². The minimum Gasteiger partial charge on any atom is -0.359 e. The van der Waals surface area contributed by atoms with E-state index in [1.807, 2.05) is 12.1 Å². The summed E-state index contributed by atoms with van der Waals surface area (Å²) >= 11 is 0. The van der Waals surface area contributed by atoms with E-state index in [0.29, 0.717) is 0 Å². The maximum absolute atomic E-state index is 5.98. The van der Waals surface area contributed by atoms with Crippen molar-refractivity contribution in [3.63, 3.8) is 0 Å². The molecule has 0 bridgehead atoms. The molecule has 1 heteroatoms. The van der Waals surface area contributed by atoms with Gasteiger partial charge in [-0.3, -0.25) is 0 Å². The zero-order valence-corrected chi connectivity index (χ0v) is 15.0. The van der Waals surface area contributed by atoms with Gasteiger partial charge in [-0.1, -0.05) is 109 Å². The molecule has 0 radical (unpaired) electrons. The van der Waals surface area contributed by atoms with Crippen molar-refractivity contribution in [2.75, 3.05) is 0 Å². The molecule has 2 atom stereocenters. The van der Waals surface area contributed by atoms with E-state index in [0.717, 1.165) is 0 Å². The van der Waals surface area contributed by atoms with Crippen LogP contribution in [0, 0.1) is 0 Å². The van der Waals surface area contributed by atoms with Crippen LogP contribution in [0.15, 0.2) is 109 Å². The summed E-state index contributed by atoms with van der Waals surface area (Å²) in [4.78, 5) is 0. The monoisotopic (exact) mass is 348 g/mol. The average molecular weight is 348 g/mol. The molecule has 1 nitrogen and oxygen atoms in total. The van der Waals surface area contributed by atoms with Gasteiger partial charge in [-0.05, 0) is 33.4 Å². The standard InChI is InChI=1S/C26H20O/c1-3-7-19(8-4-1)21-11-15-23(16-12-21)25-26(27-25)24-17-13-22(14-18-24)20-9-5-2-6-10-20/h1-18,25-26H/t25-,26-/m0/s1. The molecule has 0 saturated carbocycles. The predicted molar refractivity (Wildman–Crippen MR) is 110 cm³/mol. The van der Waals surface area contributed by atoms with Crippen molar-refractivity contribution in [3.05, 3.63) is 120 Å². The first-order valence-electron chi connectivity index (χ1n) is 9.35. The van der Waals surface area contributed by atoms with Gasteiger partial charge in [-0.15, -0.1) is 0 Å². The fourth-order valence-electron chi connectivity index (χ4n) is 3.61. The molecule has 0 unspecified atom stereocenters. The normalized spacial score (nSPS) is 18.2. The Morgan fingerprint density at radius 1 is 0.370 bits per heavy atom. The Labute approximate surface area is 159 Å². The number of epoxide rings is 1. The first-order chi connectivity index (χ1) is 13.4. The molecule has 1 fully saturated rings. The molecule has 4 aromatic rings. The third kappa shape index (κ3) is 3.30. The SMILES string of the molecule is c1ccc(-c2ccc([C@@H]3O[C@H]3c3ccc(-c4ccccc4)cc3)cc2)cc1. The lowest BCUT2D eigenvalue weighted by Gasteiger charge is -2.04. The van der Waals surface area contributed by atoms with Crippen LogP contribution >= 0.6 is 0 Å². The third-order valence-electron chi connectivity index (χ3n) is 5.18. The maximum Gasteiger partial charge on any atom is 0.114 e. The molecule has 27 heavy (non-hydrogen) atoms. The zero-order chi connectivity index (χ0) is 18.1. The highest BCUT2D eigenvalue weighted by molar-refractivity contribution is 5.64. The van der Waals surface area contributed by atoms with Crippen molar-refractivity contribution in [2.24, 2.45) is 0 Å². The smallest absolute Gasteiger partial charge is 0.114 e. The molecule has 1 saturated heterocycles. The van der Waals surface area contributed by atoms with Crippen LogP contribution in [0.1, 0.15) is 23.3 Å². The molecular weight excluding hydrogens is 328 g/mol. The summed E-state index contributed by atoms with van der Waals surface area (Å²) in [6, 6.07) is 38.4. The van der Waals surface area contributed by atoms with Crippen LogP contribution in [0.2, 0.25) is 0 Å². The highest BCUT2D eigenvalue weighted by Crippen LogP contribution is 2.51. The highest BCUT2D eigenvalue weighted by Gasteiger charge is 2.41. The summed E-state index contributed by atoms with van der Waals surface area (Å²) in [6.45, 7) is 0. The van der Waals surface area contributed by atoms with Crippen LogP contribution in [-0.2, 0) is 4.74 Å². The number of hydrogen-bond acceptors (Lipinski definition) is 1. The van der Waals surface area contributed by atoms with E-state index in [1.165, 1.54) is 33.4 Å². The van der Waals surface area contributed by atoms with Crippen LogP contribution in [0.25, 0.3) is 22.3 Å². The number of benzene rings is 4. The van der Waals surface area contributed by atoms with Gasteiger partial charge in [0.25, 0.3) is 0 Å². The average Bonchev–Trinajstić information content (AvgIpc) is 3.56. The van der Waals surface area contributed by atoms with E-state index in [9.17, 15) is 0 Å². The second kappa shape index (κ2) is 6.86. The van der Waals surface area contributed by atoms with E-state index in [4.69, 9.17) is 4.74 Å². The summed E-state index contributed by atoms with van der Waals surface area (Å²) in [5.74, 6) is 0. The lowest BCUT2D eigenvalue weighted by Crippen LogP contribution is -1.86. The summed E-state index contributed by atoms with van der Waals surface area (Å²) in [7, 11) is 0. The fraction of sp³-hybridized carbons (Fsp3) is 0.0769. The molecule has 130 valence electrons. The first-order valence-corrected chi connectivity index (χ1v) is 9.35. The Balaban J connectivity index is 1.31. The van der Waals surface area contributed by atoms with E-state index < -0.39 is 0 Å². The van der Waals surface area contributed by atoms with E-state index >= 15 is 0 Å². The Kier molecular flexibility index (Phi) is 4.08. The summed E-state index contributed by atoms with van der Waals surface area (Å²) in [6.07, 6.45) is 0.329. The van der Waals surface area contributed by atoms with E-state index in [1.54, 1.807) is 0 Å². The van der Waals surface area contributed by atoms with E-state index in [-0.39, 0.29) is 12.2 Å². The number of hydrogen-bond donors (Lipinski definition) is 0. The van der Waals surface area contributed by atoms with Crippen molar-refractivity contribution in [1.82, 2.24) is 0 Å². The second-order valence-electron chi connectivity index (χ2n) is 6.95. The summed E-state index contributed by atoms with van der Waals surface area (Å²) in [5, 5.41) is 0. The number of rotatable bonds is 4. The minimum absolute atomic E-state index is 0.164. The predicted octanol–water partition coefficient (Wildman–Crippen LogP) is 6.83. The van der Waals surface area contributed by atoms with Gasteiger partial charge in [0.05, 0.1) is 0 Å². The second-order valence-corrected chi connectivity index (χ2v) is 6.95. The van der Waals surface area contributed by atoms with Gasteiger partial charge in [-0.2, -0.15) is 0 Å². The molecule has 5 rings (SSSR count). The molecule has 4 aromatic carbocycles. The highest BCUT2D eigenvalue weighted by atomic mass is 16.6. The van der Waals surface area contributed by atoms with Gasteiger partial charge in [0.2, 0.25) is 0 Å². The Morgan fingerprint density at radius 3 is 1.07 bits per heavy atom. The molecular formula is C26H20O. The van der Waals surface area contributed by atoms with Gasteiger partial charge in [0.1, 0.15) is 12.2 Å². The molecule has 1 heterocycles. The van der Waals surface area contributed by atoms with Crippen molar-refractivity contribution >= 4 is 0 Å². The lowest BCUT2D eigenvalue weighted by atomic mass is 9.99. The van der Waals surface area contributed by atoms with E-state index in [2.05, 4.69) is 97.1 Å². The Hall–Kier alpha value is -3.16. The maximum atomic E-state index is 5.98. The Morgan fingerprint density at radius 2 is 0.704 bits per heavy atom. The molecule has 0 spiro atoms. The van der Waals surface area contributed by atoms with Gasteiger partial charge < -0.3 is 4.74 Å². The molecule has 1 aliphatic heterocycles. The van der Waals surface area contributed by atoms with Crippen LogP contribution < -0.4 is 0 Å². The fourth-order valence-corrected chi connectivity index (χ4v) is 3.61. The van der Waals surface area contributed by atoms with Gasteiger partial charge in [0.15, 0.2) is 0 Å².